The van der Waals surface area contributed by atoms with Crippen molar-refractivity contribution in [2.75, 3.05) is 42.9 Å². The van der Waals surface area contributed by atoms with Crippen molar-refractivity contribution in [2.45, 2.75) is 13.8 Å². The summed E-state index contributed by atoms with van der Waals surface area (Å²) in [6.45, 7) is 7.51. The molecule has 2 aromatic carbocycles. The maximum absolute atomic E-state index is 12.4. The summed E-state index contributed by atoms with van der Waals surface area (Å²) in [6, 6.07) is 13.5. The van der Waals surface area contributed by atoms with Crippen LogP contribution >= 0.6 is 11.6 Å². The van der Waals surface area contributed by atoms with Crippen LogP contribution in [0.15, 0.2) is 36.4 Å². The molecule has 5 nitrogen and oxygen atoms in total. The predicted molar refractivity (Wildman–Crippen MR) is 109 cm³/mol. The fourth-order valence-electron chi connectivity index (χ4n) is 3.30. The van der Waals surface area contributed by atoms with Crippen molar-refractivity contribution in [3.05, 3.63) is 58.1 Å². The lowest BCUT2D eigenvalue weighted by Crippen LogP contribution is -2.48. The van der Waals surface area contributed by atoms with E-state index >= 15 is 0 Å². The van der Waals surface area contributed by atoms with Crippen LogP contribution in [0.3, 0.4) is 0 Å². The Balaban J connectivity index is 1.56. The van der Waals surface area contributed by atoms with Gasteiger partial charge in [-0.15, -0.1) is 0 Å². The predicted octanol–water partition coefficient (Wildman–Crippen LogP) is 3.59. The smallest absolute Gasteiger partial charge is 0.238 e. The van der Waals surface area contributed by atoms with Crippen molar-refractivity contribution in [1.29, 1.82) is 5.26 Å². The van der Waals surface area contributed by atoms with Crippen LogP contribution in [-0.2, 0) is 4.79 Å². The SMILES string of the molecule is Cc1cccc(NC(=O)CN2CCN(c3ccc(Cl)cc3C#N)CC2)c1C. The zero-order valence-electron chi connectivity index (χ0n) is 15.6. The first-order valence-electron chi connectivity index (χ1n) is 9.01. The van der Waals surface area contributed by atoms with Gasteiger partial charge in [0.2, 0.25) is 5.91 Å². The molecule has 2 aromatic rings. The number of piperazine rings is 1. The van der Waals surface area contributed by atoms with Crippen LogP contribution in [-0.4, -0.2) is 43.5 Å². The third-order valence-corrected chi connectivity index (χ3v) is 5.27. The average molecular weight is 383 g/mol. The highest BCUT2D eigenvalue weighted by Crippen LogP contribution is 2.25. The van der Waals surface area contributed by atoms with Crippen LogP contribution in [0.1, 0.15) is 16.7 Å². The fourth-order valence-corrected chi connectivity index (χ4v) is 3.47. The van der Waals surface area contributed by atoms with Gasteiger partial charge in [0.1, 0.15) is 6.07 Å². The quantitative estimate of drug-likeness (QED) is 0.877. The molecule has 1 saturated heterocycles. The molecule has 1 aliphatic rings. The summed E-state index contributed by atoms with van der Waals surface area (Å²) >= 11 is 5.98. The third-order valence-electron chi connectivity index (χ3n) is 5.04. The molecule has 1 fully saturated rings. The molecule has 0 saturated carbocycles. The van der Waals surface area contributed by atoms with E-state index in [0.29, 0.717) is 17.1 Å². The Bertz CT molecular complexity index is 882. The van der Waals surface area contributed by atoms with Crippen molar-refractivity contribution < 1.29 is 4.79 Å². The fraction of sp³-hybridized carbons (Fsp3) is 0.333. The van der Waals surface area contributed by atoms with E-state index in [2.05, 4.69) is 21.2 Å². The van der Waals surface area contributed by atoms with Gasteiger partial charge in [0, 0.05) is 36.9 Å². The Morgan fingerprint density at radius 1 is 1.19 bits per heavy atom. The molecule has 0 spiro atoms. The molecule has 0 unspecified atom stereocenters. The van der Waals surface area contributed by atoms with Gasteiger partial charge in [0.25, 0.3) is 0 Å². The molecule has 0 atom stereocenters. The van der Waals surface area contributed by atoms with Crippen molar-refractivity contribution in [3.8, 4) is 6.07 Å². The van der Waals surface area contributed by atoms with Crippen LogP contribution < -0.4 is 10.2 Å². The first kappa shape index (κ1) is 19.2. The molecule has 140 valence electrons. The maximum atomic E-state index is 12.4. The molecule has 0 bridgehead atoms. The summed E-state index contributed by atoms with van der Waals surface area (Å²) in [5.74, 6) is 0.00126. The number of benzene rings is 2. The van der Waals surface area contributed by atoms with Crippen LogP contribution in [0.4, 0.5) is 11.4 Å². The molecule has 27 heavy (non-hydrogen) atoms. The summed E-state index contributed by atoms with van der Waals surface area (Å²) in [6.07, 6.45) is 0. The molecule has 1 heterocycles. The van der Waals surface area contributed by atoms with Crippen LogP contribution in [0.2, 0.25) is 5.02 Å². The second-order valence-corrected chi connectivity index (χ2v) is 7.27. The van der Waals surface area contributed by atoms with Crippen molar-refractivity contribution in [1.82, 2.24) is 4.90 Å². The first-order chi connectivity index (χ1) is 13.0. The van der Waals surface area contributed by atoms with Gasteiger partial charge in [0.15, 0.2) is 0 Å². The minimum Gasteiger partial charge on any atom is -0.368 e. The van der Waals surface area contributed by atoms with E-state index in [1.54, 1.807) is 6.07 Å². The number of hydrogen-bond donors (Lipinski definition) is 1. The van der Waals surface area contributed by atoms with Crippen molar-refractivity contribution in [3.63, 3.8) is 0 Å². The lowest BCUT2D eigenvalue weighted by Gasteiger charge is -2.36. The number of aryl methyl sites for hydroxylation is 1. The number of nitrogens with one attached hydrogen (secondary N) is 1. The minimum atomic E-state index is 0.00126. The Morgan fingerprint density at radius 3 is 2.63 bits per heavy atom. The Hall–Kier alpha value is -2.55. The second kappa shape index (κ2) is 8.43. The zero-order valence-corrected chi connectivity index (χ0v) is 16.4. The lowest BCUT2D eigenvalue weighted by atomic mass is 10.1. The molecule has 1 aliphatic heterocycles. The van der Waals surface area contributed by atoms with Gasteiger partial charge in [-0.1, -0.05) is 23.7 Å². The van der Waals surface area contributed by atoms with E-state index in [-0.39, 0.29) is 5.91 Å². The van der Waals surface area contributed by atoms with Crippen LogP contribution in [0.5, 0.6) is 0 Å². The second-order valence-electron chi connectivity index (χ2n) is 6.83. The van der Waals surface area contributed by atoms with E-state index in [1.807, 2.05) is 44.2 Å². The zero-order chi connectivity index (χ0) is 19.4. The topological polar surface area (TPSA) is 59.4 Å². The van der Waals surface area contributed by atoms with Gasteiger partial charge in [-0.2, -0.15) is 5.26 Å². The first-order valence-corrected chi connectivity index (χ1v) is 9.39. The molecular formula is C21H23ClN4O. The summed E-state index contributed by atoms with van der Waals surface area (Å²) < 4.78 is 0. The number of carbonyl (C=O) groups excluding carboxylic acids is 1. The molecule has 6 heteroatoms. The molecular weight excluding hydrogens is 360 g/mol. The average Bonchev–Trinajstić information content (AvgIpc) is 2.66. The lowest BCUT2D eigenvalue weighted by molar-refractivity contribution is -0.117. The Labute approximate surface area is 165 Å². The van der Waals surface area contributed by atoms with Gasteiger partial charge >= 0.3 is 0 Å². The number of nitrogens with zero attached hydrogens (tertiary/aromatic N) is 3. The summed E-state index contributed by atoms with van der Waals surface area (Å²) in [4.78, 5) is 16.7. The number of halogens is 1. The molecule has 1 amide bonds. The molecule has 0 aromatic heterocycles. The number of nitriles is 1. The summed E-state index contributed by atoms with van der Waals surface area (Å²) in [7, 11) is 0. The summed E-state index contributed by atoms with van der Waals surface area (Å²) in [5.41, 5.74) is 4.63. The standard InChI is InChI=1S/C21H23ClN4O/c1-15-4-3-5-19(16(15)2)24-21(27)14-25-8-10-26(11-9-25)20-7-6-18(22)12-17(20)13-23/h3-7,12H,8-11,14H2,1-2H3,(H,24,27). The van der Waals surface area contributed by atoms with E-state index < -0.39 is 0 Å². The number of amides is 1. The molecule has 3 rings (SSSR count). The van der Waals surface area contributed by atoms with Crippen LogP contribution in [0, 0.1) is 25.2 Å². The highest BCUT2D eigenvalue weighted by molar-refractivity contribution is 6.30. The minimum absolute atomic E-state index is 0.00126. The van der Waals surface area contributed by atoms with E-state index in [4.69, 9.17) is 11.6 Å². The molecule has 0 aliphatic carbocycles. The van der Waals surface area contributed by atoms with E-state index in [1.165, 1.54) is 0 Å². The molecule has 0 radical (unpaired) electrons. The van der Waals surface area contributed by atoms with Gasteiger partial charge < -0.3 is 10.2 Å². The van der Waals surface area contributed by atoms with E-state index in [0.717, 1.165) is 48.7 Å². The van der Waals surface area contributed by atoms with Gasteiger partial charge in [-0.25, -0.2) is 0 Å². The highest BCUT2D eigenvalue weighted by Gasteiger charge is 2.21. The number of anilines is 2. The van der Waals surface area contributed by atoms with Gasteiger partial charge in [-0.3, -0.25) is 9.69 Å². The normalized spacial score (nSPS) is 14.7. The largest absolute Gasteiger partial charge is 0.368 e. The molecule has 1 N–H and O–H groups in total. The van der Waals surface area contributed by atoms with Crippen molar-refractivity contribution in [2.24, 2.45) is 0 Å². The van der Waals surface area contributed by atoms with E-state index in [9.17, 15) is 10.1 Å². The number of carbonyl (C=O) groups is 1. The number of hydrogen-bond acceptors (Lipinski definition) is 4. The monoisotopic (exact) mass is 382 g/mol. The van der Waals surface area contributed by atoms with Gasteiger partial charge in [0.05, 0.1) is 17.8 Å². The third kappa shape index (κ3) is 4.60. The Kier molecular flexibility index (Phi) is 6.00. The van der Waals surface area contributed by atoms with Crippen LogP contribution in [0.25, 0.3) is 0 Å². The van der Waals surface area contributed by atoms with Gasteiger partial charge in [-0.05, 0) is 49.2 Å². The highest BCUT2D eigenvalue weighted by atomic mass is 35.5. The Morgan fingerprint density at radius 2 is 1.93 bits per heavy atom. The summed E-state index contributed by atoms with van der Waals surface area (Å²) in [5, 5.41) is 12.9. The maximum Gasteiger partial charge on any atom is 0.238 e. The van der Waals surface area contributed by atoms with Crippen molar-refractivity contribution >= 4 is 28.9 Å². The number of rotatable bonds is 4.